The van der Waals surface area contributed by atoms with E-state index in [-0.39, 0.29) is 29.2 Å². The maximum atomic E-state index is 13.8. The maximum Gasteiger partial charge on any atom is 0.408 e. The summed E-state index contributed by atoms with van der Waals surface area (Å²) in [6.45, 7) is 5.24. The zero-order chi connectivity index (χ0) is 29.8. The first-order chi connectivity index (χ1) is 19.4. The van der Waals surface area contributed by atoms with E-state index in [1.54, 1.807) is 64.3 Å². The lowest BCUT2D eigenvalue weighted by Crippen LogP contribution is -2.51. The molecule has 2 N–H and O–H groups in total. The van der Waals surface area contributed by atoms with E-state index in [1.165, 1.54) is 23.1 Å². The van der Waals surface area contributed by atoms with Gasteiger partial charge in [0, 0.05) is 12.1 Å². The molecule has 3 amide bonds. The van der Waals surface area contributed by atoms with Crippen molar-refractivity contribution in [2.75, 3.05) is 17.8 Å². The molecule has 0 saturated carbocycles. The molecule has 11 heteroatoms. The van der Waals surface area contributed by atoms with Crippen LogP contribution in [0.5, 0.6) is 5.75 Å². The lowest BCUT2D eigenvalue weighted by Gasteiger charge is -2.27. The van der Waals surface area contributed by atoms with Crippen LogP contribution in [0, 0.1) is 0 Å². The zero-order valence-electron chi connectivity index (χ0n) is 23.3. The van der Waals surface area contributed by atoms with E-state index in [4.69, 9.17) is 9.47 Å². The first kappa shape index (κ1) is 29.6. The number of nitrogens with zero attached hydrogens (tertiary/aromatic N) is 1. The number of carbonyl (C=O) groups is 3. The second kappa shape index (κ2) is 12.0. The summed E-state index contributed by atoms with van der Waals surface area (Å²) >= 11 is 0. The molecule has 1 aliphatic rings. The molecule has 1 atom stereocenters. The normalized spacial score (nSPS) is 16.2. The molecule has 0 fully saturated rings. The van der Waals surface area contributed by atoms with Gasteiger partial charge in [-0.15, -0.1) is 0 Å². The molecule has 0 aromatic heterocycles. The quantitative estimate of drug-likeness (QED) is 0.435. The molecule has 10 nitrogen and oxygen atoms in total. The molecule has 4 rings (SSSR count). The van der Waals surface area contributed by atoms with Gasteiger partial charge < -0.3 is 25.0 Å². The molecule has 1 aliphatic heterocycles. The number of ether oxygens (including phenoxy) is 2. The van der Waals surface area contributed by atoms with Crippen molar-refractivity contribution in [1.29, 1.82) is 0 Å². The molecule has 0 radical (unpaired) electrons. The Hall–Kier alpha value is -4.38. The summed E-state index contributed by atoms with van der Waals surface area (Å²) in [5.41, 5.74) is 0.962. The number of anilines is 1. The summed E-state index contributed by atoms with van der Waals surface area (Å²) in [4.78, 5) is 40.7. The number of alkyl carbamates (subject to hydrolysis) is 1. The number of sulfone groups is 1. The molecular formula is C30H33N3O7S. The summed E-state index contributed by atoms with van der Waals surface area (Å²) in [5, 5.41) is 5.26. The van der Waals surface area contributed by atoms with Crippen LogP contribution in [0.1, 0.15) is 42.3 Å². The van der Waals surface area contributed by atoms with Crippen LogP contribution in [0.25, 0.3) is 0 Å². The van der Waals surface area contributed by atoms with Crippen LogP contribution in [-0.4, -0.2) is 50.8 Å². The highest BCUT2D eigenvalue weighted by Gasteiger charge is 2.39. The molecule has 0 spiro atoms. The molecule has 0 saturated heterocycles. The Bertz CT molecular complexity index is 1530. The highest BCUT2D eigenvalue weighted by Crippen LogP contribution is 2.33. The lowest BCUT2D eigenvalue weighted by atomic mass is 10.1. The van der Waals surface area contributed by atoms with Gasteiger partial charge in [0.15, 0.2) is 9.84 Å². The van der Waals surface area contributed by atoms with E-state index in [0.717, 1.165) is 11.1 Å². The molecule has 3 aromatic carbocycles. The van der Waals surface area contributed by atoms with E-state index in [0.29, 0.717) is 5.75 Å². The van der Waals surface area contributed by atoms with Gasteiger partial charge in [-0.2, -0.15) is 0 Å². The van der Waals surface area contributed by atoms with Gasteiger partial charge >= 0.3 is 6.09 Å². The topological polar surface area (TPSA) is 131 Å². The van der Waals surface area contributed by atoms with Crippen LogP contribution in [-0.2, 0) is 32.5 Å². The fourth-order valence-electron chi connectivity index (χ4n) is 4.33. The maximum absolute atomic E-state index is 13.8. The summed E-state index contributed by atoms with van der Waals surface area (Å²) in [6.07, 6.45) is -0.907. The standard InChI is InChI=1S/C30H33N3O7S/c1-30(2,3)40-29(36)32-24-19-41(37,38)26-15-12-22(27(34)31-17-20-10-13-23(39-4)14-11-20)16-25(26)33(28(24)35)18-21-8-6-5-7-9-21/h5-16,24H,17-19H2,1-4H3,(H,31,34)(H,32,36)/t24-/m0/s1. The second-order valence-corrected chi connectivity index (χ2v) is 12.6. The monoisotopic (exact) mass is 579 g/mol. The number of methoxy groups -OCH3 is 1. The molecule has 0 bridgehead atoms. The van der Waals surface area contributed by atoms with E-state index < -0.39 is 45.1 Å². The van der Waals surface area contributed by atoms with Crippen LogP contribution in [0.3, 0.4) is 0 Å². The molecule has 0 unspecified atom stereocenters. The van der Waals surface area contributed by atoms with Crippen LogP contribution < -0.4 is 20.3 Å². The van der Waals surface area contributed by atoms with Crippen molar-refractivity contribution < 1.29 is 32.3 Å². The van der Waals surface area contributed by atoms with Crippen LogP contribution in [0.4, 0.5) is 10.5 Å². The smallest absolute Gasteiger partial charge is 0.408 e. The zero-order valence-corrected chi connectivity index (χ0v) is 24.2. The number of fused-ring (bicyclic) bond motifs is 1. The van der Waals surface area contributed by atoms with Gasteiger partial charge in [-0.1, -0.05) is 42.5 Å². The number of benzene rings is 3. The first-order valence-electron chi connectivity index (χ1n) is 13.0. The van der Waals surface area contributed by atoms with E-state index in [2.05, 4.69) is 10.6 Å². The fourth-order valence-corrected chi connectivity index (χ4v) is 5.94. The minimum absolute atomic E-state index is 0.0195. The van der Waals surface area contributed by atoms with Gasteiger partial charge in [0.2, 0.25) is 0 Å². The average molecular weight is 580 g/mol. The van der Waals surface area contributed by atoms with E-state index in [9.17, 15) is 22.8 Å². The minimum atomic E-state index is -4.06. The molecule has 3 aromatic rings. The number of amides is 3. The van der Waals surface area contributed by atoms with Gasteiger partial charge in [-0.05, 0) is 62.2 Å². The van der Waals surface area contributed by atoms with Crippen molar-refractivity contribution in [3.8, 4) is 5.75 Å². The van der Waals surface area contributed by atoms with Crippen LogP contribution >= 0.6 is 0 Å². The highest BCUT2D eigenvalue weighted by atomic mass is 32.2. The Morgan fingerprint density at radius 3 is 2.29 bits per heavy atom. The fraction of sp³-hybridized carbons (Fsp3) is 0.300. The van der Waals surface area contributed by atoms with Crippen molar-refractivity contribution in [2.24, 2.45) is 0 Å². The van der Waals surface area contributed by atoms with Gasteiger partial charge in [0.1, 0.15) is 17.4 Å². The van der Waals surface area contributed by atoms with Crippen molar-refractivity contribution in [2.45, 2.75) is 50.4 Å². The Morgan fingerprint density at radius 2 is 1.66 bits per heavy atom. The molecular weight excluding hydrogens is 546 g/mol. The third kappa shape index (κ3) is 7.43. The van der Waals surface area contributed by atoms with E-state index >= 15 is 0 Å². The number of nitrogens with one attached hydrogen (secondary N) is 2. The van der Waals surface area contributed by atoms with Gasteiger partial charge in [0.05, 0.1) is 30.0 Å². The Kier molecular flexibility index (Phi) is 8.67. The molecule has 1 heterocycles. The Balaban J connectivity index is 1.67. The van der Waals surface area contributed by atoms with Gasteiger partial charge in [-0.25, -0.2) is 13.2 Å². The molecule has 216 valence electrons. The predicted octanol–water partition coefficient (Wildman–Crippen LogP) is 3.84. The van der Waals surface area contributed by atoms with Crippen molar-refractivity contribution in [1.82, 2.24) is 10.6 Å². The van der Waals surface area contributed by atoms with Gasteiger partial charge in [-0.3, -0.25) is 9.59 Å². The number of carbonyl (C=O) groups excluding carboxylic acids is 3. The predicted molar refractivity (Wildman–Crippen MR) is 153 cm³/mol. The summed E-state index contributed by atoms with van der Waals surface area (Å²) < 4.78 is 37.4. The largest absolute Gasteiger partial charge is 0.497 e. The third-order valence-corrected chi connectivity index (χ3v) is 8.07. The summed E-state index contributed by atoms with van der Waals surface area (Å²) in [6, 6.07) is 19.0. The van der Waals surface area contributed by atoms with Crippen molar-refractivity contribution in [3.63, 3.8) is 0 Å². The van der Waals surface area contributed by atoms with Gasteiger partial charge in [0.25, 0.3) is 11.8 Å². The SMILES string of the molecule is COc1ccc(CNC(=O)c2ccc3c(c2)N(Cc2ccccc2)C(=O)[C@@H](NC(=O)OC(C)(C)C)CS3(=O)=O)cc1. The molecule has 0 aliphatic carbocycles. The number of hydrogen-bond donors (Lipinski definition) is 2. The summed E-state index contributed by atoms with van der Waals surface area (Å²) in [5.74, 6) is -1.06. The first-order valence-corrected chi connectivity index (χ1v) is 14.6. The van der Waals surface area contributed by atoms with Crippen LogP contribution in [0.2, 0.25) is 0 Å². The average Bonchev–Trinajstić information content (AvgIpc) is 3.00. The van der Waals surface area contributed by atoms with Crippen LogP contribution in [0.15, 0.2) is 77.7 Å². The summed E-state index contributed by atoms with van der Waals surface area (Å²) in [7, 11) is -2.49. The Labute approximate surface area is 239 Å². The highest BCUT2D eigenvalue weighted by molar-refractivity contribution is 7.91. The molecule has 41 heavy (non-hydrogen) atoms. The van der Waals surface area contributed by atoms with Crippen molar-refractivity contribution >= 4 is 33.4 Å². The minimum Gasteiger partial charge on any atom is -0.497 e. The number of rotatable bonds is 7. The van der Waals surface area contributed by atoms with Crippen molar-refractivity contribution in [3.05, 3.63) is 89.5 Å². The van der Waals surface area contributed by atoms with E-state index in [1.807, 2.05) is 18.2 Å². The third-order valence-electron chi connectivity index (χ3n) is 6.28. The lowest BCUT2D eigenvalue weighted by molar-refractivity contribution is -0.120. The number of hydrogen-bond acceptors (Lipinski definition) is 7. The Morgan fingerprint density at radius 1 is 0.976 bits per heavy atom. The second-order valence-electron chi connectivity index (χ2n) is 10.6.